The van der Waals surface area contributed by atoms with Crippen LogP contribution < -0.4 is 5.32 Å². The van der Waals surface area contributed by atoms with Crippen LogP contribution in [-0.4, -0.2) is 26.7 Å². The van der Waals surface area contributed by atoms with Crippen molar-refractivity contribution in [3.8, 4) is 0 Å². The lowest BCUT2D eigenvalue weighted by atomic mass is 10.1. The van der Waals surface area contributed by atoms with Crippen molar-refractivity contribution < 1.29 is 4.21 Å². The first-order valence-electron chi connectivity index (χ1n) is 6.46. The summed E-state index contributed by atoms with van der Waals surface area (Å²) in [5, 5.41) is 4.83. The Morgan fingerprint density at radius 2 is 2.11 bits per heavy atom. The average Bonchev–Trinajstić information content (AvgIpc) is 2.85. The highest BCUT2D eigenvalue weighted by Gasteiger charge is 2.16. The molecule has 1 aliphatic heterocycles. The summed E-state index contributed by atoms with van der Waals surface area (Å²) in [6.45, 7) is 0.901. The van der Waals surface area contributed by atoms with Gasteiger partial charge in [0.25, 0.3) is 0 Å². The summed E-state index contributed by atoms with van der Waals surface area (Å²) < 4.78 is 11.3. The van der Waals surface area contributed by atoms with Crippen molar-refractivity contribution in [1.82, 2.24) is 10.3 Å². The predicted molar refractivity (Wildman–Crippen MR) is 76.0 cm³/mol. The highest BCUT2D eigenvalue weighted by molar-refractivity contribution is 7.85. The van der Waals surface area contributed by atoms with Gasteiger partial charge in [-0.3, -0.25) is 4.21 Å². The van der Waals surface area contributed by atoms with Gasteiger partial charge in [-0.1, -0.05) is 6.07 Å². The third-order valence-corrected chi connectivity index (χ3v) is 4.98. The molecule has 1 aromatic heterocycles. The molecule has 3 rings (SSSR count). The average molecular weight is 262 g/mol. The largest absolute Gasteiger partial charge is 0.361 e. The van der Waals surface area contributed by atoms with Crippen LogP contribution in [0.4, 0.5) is 0 Å². The normalized spacial score (nSPS) is 24.4. The second kappa shape index (κ2) is 5.24. The Kier molecular flexibility index (Phi) is 3.48. The summed E-state index contributed by atoms with van der Waals surface area (Å²) in [5.74, 6) is 1.71. The minimum atomic E-state index is -0.566. The van der Waals surface area contributed by atoms with Gasteiger partial charge in [0.1, 0.15) is 0 Å². The van der Waals surface area contributed by atoms with Crippen molar-refractivity contribution >= 4 is 21.7 Å². The summed E-state index contributed by atoms with van der Waals surface area (Å²) >= 11 is 0. The first-order chi connectivity index (χ1) is 8.81. The number of hydrogen-bond acceptors (Lipinski definition) is 2. The summed E-state index contributed by atoms with van der Waals surface area (Å²) in [4.78, 5) is 3.20. The van der Waals surface area contributed by atoms with Gasteiger partial charge in [0.05, 0.1) is 0 Å². The summed E-state index contributed by atoms with van der Waals surface area (Å²) in [7, 11) is -0.566. The molecule has 96 valence electrons. The van der Waals surface area contributed by atoms with Crippen molar-refractivity contribution in [2.75, 3.05) is 11.5 Å². The SMILES string of the molecule is O=S1CCC(NCc2ccc3[nH]ccc3c2)CC1. The second-order valence-electron chi connectivity index (χ2n) is 4.90. The van der Waals surface area contributed by atoms with E-state index in [4.69, 9.17) is 0 Å². The smallest absolute Gasteiger partial charge is 0.0454 e. The molecule has 2 N–H and O–H groups in total. The van der Waals surface area contributed by atoms with E-state index < -0.39 is 10.8 Å². The molecule has 0 atom stereocenters. The number of nitrogens with one attached hydrogen (secondary N) is 2. The molecule has 18 heavy (non-hydrogen) atoms. The Morgan fingerprint density at radius 1 is 1.28 bits per heavy atom. The van der Waals surface area contributed by atoms with Crippen molar-refractivity contribution in [3.05, 3.63) is 36.0 Å². The van der Waals surface area contributed by atoms with Crippen LogP contribution in [0.2, 0.25) is 0 Å². The molecule has 1 saturated heterocycles. The first kappa shape index (κ1) is 11.9. The fourth-order valence-electron chi connectivity index (χ4n) is 2.47. The molecule has 1 fully saturated rings. The second-order valence-corrected chi connectivity index (χ2v) is 6.60. The molecular formula is C14H18N2OS. The lowest BCUT2D eigenvalue weighted by Crippen LogP contribution is -2.35. The van der Waals surface area contributed by atoms with Gasteiger partial charge in [0.2, 0.25) is 0 Å². The zero-order valence-corrected chi connectivity index (χ0v) is 11.1. The zero-order chi connectivity index (χ0) is 12.4. The van der Waals surface area contributed by atoms with Crippen LogP contribution in [0.3, 0.4) is 0 Å². The van der Waals surface area contributed by atoms with Gasteiger partial charge >= 0.3 is 0 Å². The Balaban J connectivity index is 1.60. The van der Waals surface area contributed by atoms with E-state index in [1.165, 1.54) is 16.5 Å². The molecule has 0 unspecified atom stereocenters. The van der Waals surface area contributed by atoms with Gasteiger partial charge in [-0.25, -0.2) is 0 Å². The molecule has 0 spiro atoms. The number of H-pyrrole nitrogens is 1. The summed E-state index contributed by atoms with van der Waals surface area (Å²) in [6, 6.07) is 9.14. The fourth-order valence-corrected chi connectivity index (χ4v) is 3.77. The topological polar surface area (TPSA) is 44.9 Å². The van der Waals surface area contributed by atoms with Gasteiger partial charge in [-0.05, 0) is 42.0 Å². The molecule has 1 aliphatic rings. The monoisotopic (exact) mass is 262 g/mol. The molecule has 0 saturated carbocycles. The maximum atomic E-state index is 11.3. The number of aromatic nitrogens is 1. The van der Waals surface area contributed by atoms with E-state index in [0.29, 0.717) is 6.04 Å². The lowest BCUT2D eigenvalue weighted by Gasteiger charge is -2.22. The van der Waals surface area contributed by atoms with Crippen LogP contribution in [0.5, 0.6) is 0 Å². The van der Waals surface area contributed by atoms with Gasteiger partial charge in [0, 0.05) is 46.6 Å². The molecule has 0 radical (unpaired) electrons. The van der Waals surface area contributed by atoms with Crippen LogP contribution >= 0.6 is 0 Å². The van der Waals surface area contributed by atoms with E-state index in [9.17, 15) is 4.21 Å². The predicted octanol–water partition coefficient (Wildman–Crippen LogP) is 2.17. The number of benzene rings is 1. The van der Waals surface area contributed by atoms with E-state index in [0.717, 1.165) is 30.9 Å². The Bertz CT molecular complexity index is 554. The van der Waals surface area contributed by atoms with Gasteiger partial charge < -0.3 is 10.3 Å². The van der Waals surface area contributed by atoms with Crippen LogP contribution in [-0.2, 0) is 17.3 Å². The molecule has 0 amide bonds. The standard InChI is InChI=1S/C14H18N2OS/c17-18-7-4-13(5-8-18)16-10-11-1-2-14-12(9-11)3-6-15-14/h1-3,6,9,13,15-16H,4-5,7-8,10H2. The van der Waals surface area contributed by atoms with Crippen LogP contribution in [0, 0.1) is 0 Å². The molecule has 4 heteroatoms. The van der Waals surface area contributed by atoms with Crippen LogP contribution in [0.25, 0.3) is 10.9 Å². The maximum Gasteiger partial charge on any atom is 0.0454 e. The van der Waals surface area contributed by atoms with Crippen LogP contribution in [0.1, 0.15) is 18.4 Å². The third-order valence-electron chi connectivity index (χ3n) is 3.60. The van der Waals surface area contributed by atoms with E-state index in [1.807, 2.05) is 6.20 Å². The van der Waals surface area contributed by atoms with Gasteiger partial charge in [0.15, 0.2) is 0 Å². The molecule has 3 nitrogen and oxygen atoms in total. The molecule has 2 aromatic rings. The molecular weight excluding hydrogens is 244 g/mol. The summed E-state index contributed by atoms with van der Waals surface area (Å²) in [6.07, 6.45) is 4.05. The summed E-state index contributed by atoms with van der Waals surface area (Å²) in [5.41, 5.74) is 2.50. The highest BCUT2D eigenvalue weighted by Crippen LogP contribution is 2.15. The van der Waals surface area contributed by atoms with Crippen molar-refractivity contribution in [3.63, 3.8) is 0 Å². The zero-order valence-electron chi connectivity index (χ0n) is 10.3. The molecule has 0 bridgehead atoms. The number of fused-ring (bicyclic) bond motifs is 1. The first-order valence-corrected chi connectivity index (χ1v) is 7.94. The highest BCUT2D eigenvalue weighted by atomic mass is 32.2. The Hall–Kier alpha value is -1.13. The molecule has 2 heterocycles. The number of hydrogen-bond donors (Lipinski definition) is 2. The van der Waals surface area contributed by atoms with E-state index >= 15 is 0 Å². The van der Waals surface area contributed by atoms with E-state index in [1.54, 1.807) is 0 Å². The minimum absolute atomic E-state index is 0.532. The Morgan fingerprint density at radius 3 is 2.94 bits per heavy atom. The van der Waals surface area contributed by atoms with Crippen molar-refractivity contribution in [2.45, 2.75) is 25.4 Å². The van der Waals surface area contributed by atoms with Gasteiger partial charge in [-0.2, -0.15) is 0 Å². The Labute approximate surface area is 109 Å². The maximum absolute atomic E-state index is 11.3. The number of aromatic amines is 1. The number of rotatable bonds is 3. The van der Waals surface area contributed by atoms with Crippen molar-refractivity contribution in [2.24, 2.45) is 0 Å². The van der Waals surface area contributed by atoms with Crippen LogP contribution in [0.15, 0.2) is 30.5 Å². The fraction of sp³-hybridized carbons (Fsp3) is 0.429. The van der Waals surface area contributed by atoms with Crippen molar-refractivity contribution in [1.29, 1.82) is 0 Å². The van der Waals surface area contributed by atoms with E-state index in [-0.39, 0.29) is 0 Å². The molecule has 0 aliphatic carbocycles. The third kappa shape index (κ3) is 2.65. The lowest BCUT2D eigenvalue weighted by molar-refractivity contribution is 0.475. The molecule has 1 aromatic carbocycles. The van der Waals surface area contributed by atoms with E-state index in [2.05, 4.69) is 34.6 Å². The van der Waals surface area contributed by atoms with Gasteiger partial charge in [-0.15, -0.1) is 0 Å². The minimum Gasteiger partial charge on any atom is -0.361 e. The quantitative estimate of drug-likeness (QED) is 0.890.